The molecule has 6 heteroatoms. The number of carbonyl (C=O) groups excluding carboxylic acids is 1. The van der Waals surface area contributed by atoms with Gasteiger partial charge in [0.1, 0.15) is 5.60 Å². The van der Waals surface area contributed by atoms with Gasteiger partial charge in [0.2, 0.25) is 0 Å². The molecule has 25 heavy (non-hydrogen) atoms. The molecular weight excluding hydrogens is 336 g/mol. The number of fused-ring (bicyclic) bond motifs is 1. The van der Waals surface area contributed by atoms with Crippen LogP contribution in [0.15, 0.2) is 24.3 Å². The van der Waals surface area contributed by atoms with E-state index in [9.17, 15) is 4.79 Å². The molecule has 1 fully saturated rings. The number of para-hydroxylation sites is 1. The first-order chi connectivity index (χ1) is 11.9. The van der Waals surface area contributed by atoms with Gasteiger partial charge >= 0.3 is 6.09 Å². The van der Waals surface area contributed by atoms with Crippen LogP contribution in [-0.2, 0) is 4.74 Å². The molecule has 1 aromatic heterocycles. The van der Waals surface area contributed by atoms with Gasteiger partial charge in [0.15, 0.2) is 0 Å². The van der Waals surface area contributed by atoms with Crippen molar-refractivity contribution in [3.05, 3.63) is 24.3 Å². The fraction of sp³-hybridized carbons (Fsp3) is 0.579. The maximum absolute atomic E-state index is 12.4. The van der Waals surface area contributed by atoms with Crippen molar-refractivity contribution in [1.29, 1.82) is 0 Å². The molecule has 5 nitrogen and oxygen atoms in total. The van der Waals surface area contributed by atoms with Crippen LogP contribution in [-0.4, -0.2) is 40.8 Å². The van der Waals surface area contributed by atoms with E-state index in [0.717, 1.165) is 42.4 Å². The first-order valence-electron chi connectivity index (χ1n) is 8.90. The van der Waals surface area contributed by atoms with Gasteiger partial charge < -0.3 is 14.4 Å². The van der Waals surface area contributed by atoms with E-state index in [1.54, 1.807) is 11.3 Å². The molecule has 1 aromatic carbocycles. The normalized spacial score (nSPS) is 18.4. The van der Waals surface area contributed by atoms with Crippen LogP contribution in [0.5, 0.6) is 5.19 Å². The lowest BCUT2D eigenvalue weighted by Crippen LogP contribution is -2.46. The number of piperidine rings is 1. The van der Waals surface area contributed by atoms with Gasteiger partial charge in [0, 0.05) is 19.0 Å². The number of aromatic nitrogens is 1. The molecular formula is C19H26N2O3S. The Bertz CT molecular complexity index is 690. The third-order valence-corrected chi connectivity index (χ3v) is 5.15. The summed E-state index contributed by atoms with van der Waals surface area (Å²) >= 11 is 1.56. The van der Waals surface area contributed by atoms with Crippen LogP contribution in [0.3, 0.4) is 0 Å². The van der Waals surface area contributed by atoms with Crippen LogP contribution in [0.1, 0.15) is 46.5 Å². The summed E-state index contributed by atoms with van der Waals surface area (Å²) < 4.78 is 12.5. The predicted octanol–water partition coefficient (Wildman–Crippen LogP) is 4.85. The summed E-state index contributed by atoms with van der Waals surface area (Å²) in [5, 5.41) is 0.695. The third-order valence-electron chi connectivity index (χ3n) is 4.21. The molecule has 0 saturated carbocycles. The van der Waals surface area contributed by atoms with Crippen LogP contribution in [0.25, 0.3) is 10.2 Å². The van der Waals surface area contributed by atoms with Gasteiger partial charge in [-0.25, -0.2) is 9.78 Å². The number of nitrogens with zero attached hydrogens (tertiary/aromatic N) is 2. The molecule has 2 heterocycles. The number of hydrogen-bond donors (Lipinski definition) is 0. The third kappa shape index (κ3) is 4.84. The lowest BCUT2D eigenvalue weighted by atomic mass is 10.0. The highest BCUT2D eigenvalue weighted by molar-refractivity contribution is 7.20. The number of amides is 1. The summed E-state index contributed by atoms with van der Waals surface area (Å²) in [5.41, 5.74) is 0.506. The second kappa shape index (κ2) is 7.60. The summed E-state index contributed by atoms with van der Waals surface area (Å²) in [6.07, 6.45) is 3.77. The molecule has 0 aliphatic carbocycles. The van der Waals surface area contributed by atoms with Crippen molar-refractivity contribution in [3.63, 3.8) is 0 Å². The minimum absolute atomic E-state index is 0.179. The van der Waals surface area contributed by atoms with Crippen LogP contribution in [0.4, 0.5) is 4.79 Å². The van der Waals surface area contributed by atoms with Gasteiger partial charge in [0.25, 0.3) is 5.19 Å². The average molecular weight is 362 g/mol. The molecule has 136 valence electrons. The highest BCUT2D eigenvalue weighted by atomic mass is 32.1. The van der Waals surface area contributed by atoms with Crippen molar-refractivity contribution in [2.45, 2.75) is 58.1 Å². The van der Waals surface area contributed by atoms with E-state index in [4.69, 9.17) is 9.47 Å². The second-order valence-electron chi connectivity index (χ2n) is 7.41. The Morgan fingerprint density at radius 1 is 1.32 bits per heavy atom. The maximum atomic E-state index is 12.4. The van der Waals surface area contributed by atoms with Crippen molar-refractivity contribution < 1.29 is 14.3 Å². The fourth-order valence-electron chi connectivity index (χ4n) is 3.06. The number of ether oxygens (including phenoxy) is 2. The zero-order chi connectivity index (χ0) is 17.9. The van der Waals surface area contributed by atoms with Gasteiger partial charge in [0.05, 0.1) is 16.8 Å². The molecule has 1 aliphatic rings. The number of likely N-dealkylation sites (tertiary alicyclic amines) is 1. The van der Waals surface area contributed by atoms with E-state index in [-0.39, 0.29) is 12.1 Å². The van der Waals surface area contributed by atoms with Crippen molar-refractivity contribution >= 4 is 27.6 Å². The van der Waals surface area contributed by atoms with Gasteiger partial charge in [-0.1, -0.05) is 23.5 Å². The molecule has 0 bridgehead atoms. The van der Waals surface area contributed by atoms with Crippen molar-refractivity contribution in [1.82, 2.24) is 9.88 Å². The predicted molar refractivity (Wildman–Crippen MR) is 100 cm³/mol. The van der Waals surface area contributed by atoms with E-state index in [2.05, 4.69) is 4.98 Å². The summed E-state index contributed by atoms with van der Waals surface area (Å²) in [7, 11) is 0. The monoisotopic (exact) mass is 362 g/mol. The van der Waals surface area contributed by atoms with Gasteiger partial charge in [-0.15, -0.1) is 0 Å². The molecule has 2 aromatic rings. The van der Waals surface area contributed by atoms with Crippen molar-refractivity contribution in [3.8, 4) is 5.19 Å². The lowest BCUT2D eigenvalue weighted by Gasteiger charge is -2.36. The topological polar surface area (TPSA) is 51.7 Å². The van der Waals surface area contributed by atoms with E-state index < -0.39 is 5.60 Å². The minimum Gasteiger partial charge on any atom is -0.470 e. The largest absolute Gasteiger partial charge is 0.470 e. The van der Waals surface area contributed by atoms with Gasteiger partial charge in [-0.05, 0) is 52.2 Å². The highest BCUT2D eigenvalue weighted by Gasteiger charge is 2.30. The SMILES string of the molecule is CC(C)(C)OC(=O)N1CCCC[C@@H]1CCOc1nc2ccccc2s1. The Kier molecular flexibility index (Phi) is 5.47. The highest BCUT2D eigenvalue weighted by Crippen LogP contribution is 2.28. The standard InChI is InChI=1S/C19H26N2O3S/c1-19(2,3)24-18(22)21-12-7-6-8-14(21)11-13-23-17-20-15-9-4-5-10-16(15)25-17/h4-5,9-10,14H,6-8,11-13H2,1-3H3/t14-/m1/s1. The number of hydrogen-bond acceptors (Lipinski definition) is 5. The van der Waals surface area contributed by atoms with Crippen LogP contribution in [0, 0.1) is 0 Å². The average Bonchev–Trinajstić information content (AvgIpc) is 2.96. The van der Waals surface area contributed by atoms with Crippen LogP contribution < -0.4 is 4.74 Å². The zero-order valence-corrected chi connectivity index (χ0v) is 16.0. The fourth-order valence-corrected chi connectivity index (χ4v) is 3.90. The number of rotatable bonds is 4. The zero-order valence-electron chi connectivity index (χ0n) is 15.2. The van der Waals surface area contributed by atoms with Crippen LogP contribution in [0.2, 0.25) is 0 Å². The van der Waals surface area contributed by atoms with E-state index in [0.29, 0.717) is 11.8 Å². The summed E-state index contributed by atoms with van der Waals surface area (Å²) in [4.78, 5) is 18.8. The molecule has 0 N–H and O–H groups in total. The molecule has 1 saturated heterocycles. The first-order valence-corrected chi connectivity index (χ1v) is 9.72. The van der Waals surface area contributed by atoms with E-state index in [1.165, 1.54) is 0 Å². The quantitative estimate of drug-likeness (QED) is 0.780. The molecule has 0 radical (unpaired) electrons. The molecule has 0 unspecified atom stereocenters. The van der Waals surface area contributed by atoms with Crippen molar-refractivity contribution in [2.24, 2.45) is 0 Å². The van der Waals surface area contributed by atoms with Crippen LogP contribution >= 0.6 is 11.3 Å². The maximum Gasteiger partial charge on any atom is 0.410 e. The first kappa shape index (κ1) is 18.0. The Hall–Kier alpha value is -1.82. The van der Waals surface area contributed by atoms with E-state index >= 15 is 0 Å². The summed E-state index contributed by atoms with van der Waals surface area (Å²) in [6, 6.07) is 8.20. The van der Waals surface area contributed by atoms with Crippen molar-refractivity contribution in [2.75, 3.05) is 13.2 Å². The lowest BCUT2D eigenvalue weighted by molar-refractivity contribution is 0.00744. The minimum atomic E-state index is -0.462. The molecule has 1 amide bonds. The Morgan fingerprint density at radius 2 is 2.12 bits per heavy atom. The molecule has 1 aliphatic heterocycles. The number of benzene rings is 1. The number of carbonyl (C=O) groups is 1. The summed E-state index contributed by atoms with van der Waals surface area (Å²) in [5.74, 6) is 0. The molecule has 0 spiro atoms. The summed E-state index contributed by atoms with van der Waals surface area (Å²) in [6.45, 7) is 7.03. The Morgan fingerprint density at radius 3 is 2.88 bits per heavy atom. The Labute approximate surface area is 152 Å². The molecule has 1 atom stereocenters. The second-order valence-corrected chi connectivity index (χ2v) is 8.40. The van der Waals surface area contributed by atoms with E-state index in [1.807, 2.05) is 49.9 Å². The Balaban J connectivity index is 1.55. The van der Waals surface area contributed by atoms with Gasteiger partial charge in [-0.3, -0.25) is 0 Å². The van der Waals surface area contributed by atoms with Gasteiger partial charge in [-0.2, -0.15) is 0 Å². The number of thiazole rings is 1. The molecule has 3 rings (SSSR count). The smallest absolute Gasteiger partial charge is 0.410 e.